The summed E-state index contributed by atoms with van der Waals surface area (Å²) in [6.07, 6.45) is 4.32. The molecule has 94 valence electrons. The Kier molecular flexibility index (Phi) is 3.62. The second-order valence-corrected chi connectivity index (χ2v) is 4.11. The Morgan fingerprint density at radius 2 is 2.33 bits per heavy atom. The Balaban J connectivity index is 1.94. The lowest BCUT2D eigenvalue weighted by atomic mass is 10.1. The number of nitrogens with zero attached hydrogens (tertiary/aromatic N) is 1. The lowest BCUT2D eigenvalue weighted by Crippen LogP contribution is -2.06. The van der Waals surface area contributed by atoms with Gasteiger partial charge < -0.3 is 16.0 Å². The van der Waals surface area contributed by atoms with Crippen molar-refractivity contribution >= 4 is 17.2 Å². The number of benzene rings is 1. The largest absolute Gasteiger partial charge is 0.398 e. The van der Waals surface area contributed by atoms with Gasteiger partial charge in [0, 0.05) is 41.8 Å². The summed E-state index contributed by atoms with van der Waals surface area (Å²) in [7, 11) is 0. The third kappa shape index (κ3) is 2.88. The number of nitrogen functional groups attached to an aromatic ring is 1. The molecule has 0 radical (unpaired) electrons. The smallest absolute Gasteiger partial charge is 0.161 e. The predicted octanol–water partition coefficient (Wildman–Crippen LogP) is 1.85. The van der Waals surface area contributed by atoms with Gasteiger partial charge in [0.1, 0.15) is 0 Å². The summed E-state index contributed by atoms with van der Waals surface area (Å²) < 4.78 is 0. The fourth-order valence-corrected chi connectivity index (χ4v) is 1.76. The molecule has 1 aromatic heterocycles. The predicted molar refractivity (Wildman–Crippen MR) is 71.6 cm³/mol. The molecule has 0 atom stereocenters. The Morgan fingerprint density at radius 1 is 1.50 bits per heavy atom. The molecule has 0 fully saturated rings. The third-order valence-electron chi connectivity index (χ3n) is 2.71. The van der Waals surface area contributed by atoms with Crippen LogP contribution in [0.2, 0.25) is 0 Å². The van der Waals surface area contributed by atoms with Crippen LogP contribution in [0.5, 0.6) is 0 Å². The highest BCUT2D eigenvalue weighted by molar-refractivity contribution is 5.99. The Morgan fingerprint density at radius 3 is 2.94 bits per heavy atom. The van der Waals surface area contributed by atoms with Crippen molar-refractivity contribution in [1.29, 1.82) is 0 Å². The molecular formula is C13H16N4O. The van der Waals surface area contributed by atoms with E-state index in [0.29, 0.717) is 11.3 Å². The summed E-state index contributed by atoms with van der Waals surface area (Å²) in [6.45, 7) is 2.29. The van der Waals surface area contributed by atoms with Crippen molar-refractivity contribution < 1.29 is 4.79 Å². The van der Waals surface area contributed by atoms with Gasteiger partial charge in [0.2, 0.25) is 0 Å². The quantitative estimate of drug-likeness (QED) is 0.553. The van der Waals surface area contributed by atoms with Gasteiger partial charge in [-0.25, -0.2) is 4.98 Å². The molecular weight excluding hydrogens is 228 g/mol. The maximum absolute atomic E-state index is 11.2. The van der Waals surface area contributed by atoms with E-state index >= 15 is 0 Å². The van der Waals surface area contributed by atoms with Crippen LogP contribution in [0.15, 0.2) is 30.7 Å². The Hall–Kier alpha value is -2.30. The van der Waals surface area contributed by atoms with Gasteiger partial charge in [0.25, 0.3) is 0 Å². The molecule has 0 aliphatic carbocycles. The number of H-pyrrole nitrogens is 1. The average Bonchev–Trinajstić information content (AvgIpc) is 2.81. The molecule has 5 heteroatoms. The molecule has 0 amide bonds. The zero-order chi connectivity index (χ0) is 13.0. The van der Waals surface area contributed by atoms with E-state index in [1.807, 2.05) is 6.07 Å². The number of ketones is 1. The van der Waals surface area contributed by atoms with E-state index in [4.69, 9.17) is 5.73 Å². The fraction of sp³-hybridized carbons (Fsp3) is 0.231. The van der Waals surface area contributed by atoms with Crippen molar-refractivity contribution in [3.05, 3.63) is 42.0 Å². The minimum atomic E-state index is -0.0171. The monoisotopic (exact) mass is 244 g/mol. The van der Waals surface area contributed by atoms with Crippen LogP contribution in [0.25, 0.3) is 0 Å². The van der Waals surface area contributed by atoms with Crippen LogP contribution in [0, 0.1) is 0 Å². The summed E-state index contributed by atoms with van der Waals surface area (Å²) in [5.41, 5.74) is 8.88. The van der Waals surface area contributed by atoms with E-state index in [2.05, 4.69) is 15.3 Å². The van der Waals surface area contributed by atoms with Gasteiger partial charge in [0.15, 0.2) is 5.78 Å². The summed E-state index contributed by atoms with van der Waals surface area (Å²) in [6, 6.07) is 5.39. The number of rotatable bonds is 5. The first-order valence-corrected chi connectivity index (χ1v) is 5.78. The zero-order valence-corrected chi connectivity index (χ0v) is 10.2. The van der Waals surface area contributed by atoms with Crippen LogP contribution in [0.3, 0.4) is 0 Å². The average molecular weight is 244 g/mol. The fourth-order valence-electron chi connectivity index (χ4n) is 1.76. The van der Waals surface area contributed by atoms with Crippen LogP contribution < -0.4 is 11.1 Å². The van der Waals surface area contributed by atoms with Crippen molar-refractivity contribution in [3.63, 3.8) is 0 Å². The maximum Gasteiger partial charge on any atom is 0.161 e. The molecule has 0 saturated carbocycles. The number of carbonyl (C=O) groups excluding carboxylic acids is 1. The van der Waals surface area contributed by atoms with Gasteiger partial charge >= 0.3 is 0 Å². The molecule has 1 aromatic carbocycles. The third-order valence-corrected chi connectivity index (χ3v) is 2.71. The number of hydrogen-bond donors (Lipinski definition) is 3. The first kappa shape index (κ1) is 12.2. The Bertz CT molecular complexity index is 534. The van der Waals surface area contributed by atoms with Gasteiger partial charge in [-0.3, -0.25) is 4.79 Å². The second kappa shape index (κ2) is 5.35. The van der Waals surface area contributed by atoms with Gasteiger partial charge in [0.05, 0.1) is 6.33 Å². The van der Waals surface area contributed by atoms with Crippen LogP contribution in [-0.4, -0.2) is 22.3 Å². The van der Waals surface area contributed by atoms with E-state index in [1.165, 1.54) is 6.92 Å². The first-order chi connectivity index (χ1) is 8.66. The van der Waals surface area contributed by atoms with E-state index in [9.17, 15) is 4.79 Å². The first-order valence-electron chi connectivity index (χ1n) is 5.78. The van der Waals surface area contributed by atoms with Gasteiger partial charge in [-0.05, 0) is 25.1 Å². The number of carbonyl (C=O) groups is 1. The SMILES string of the molecule is CC(=O)c1ccc(NCCc2cnc[nH]2)cc1N. The van der Waals surface area contributed by atoms with Crippen molar-refractivity contribution in [3.8, 4) is 0 Å². The summed E-state index contributed by atoms with van der Waals surface area (Å²) in [5, 5.41) is 3.25. The maximum atomic E-state index is 11.2. The summed E-state index contributed by atoms with van der Waals surface area (Å²) in [4.78, 5) is 18.2. The van der Waals surface area contributed by atoms with Gasteiger partial charge in [-0.1, -0.05) is 0 Å². The number of aromatic amines is 1. The molecule has 2 aromatic rings. The van der Waals surface area contributed by atoms with Crippen molar-refractivity contribution in [2.24, 2.45) is 0 Å². The topological polar surface area (TPSA) is 83.8 Å². The van der Waals surface area contributed by atoms with Crippen LogP contribution in [0.4, 0.5) is 11.4 Å². The van der Waals surface area contributed by atoms with Crippen LogP contribution >= 0.6 is 0 Å². The molecule has 0 saturated heterocycles. The molecule has 0 aliphatic heterocycles. The lowest BCUT2D eigenvalue weighted by Gasteiger charge is -2.08. The van der Waals surface area contributed by atoms with Crippen LogP contribution in [0.1, 0.15) is 23.0 Å². The van der Waals surface area contributed by atoms with E-state index in [0.717, 1.165) is 24.3 Å². The number of anilines is 2. The van der Waals surface area contributed by atoms with E-state index in [-0.39, 0.29) is 5.78 Å². The number of hydrogen-bond acceptors (Lipinski definition) is 4. The highest BCUT2D eigenvalue weighted by Crippen LogP contribution is 2.18. The van der Waals surface area contributed by atoms with E-state index in [1.54, 1.807) is 24.7 Å². The molecule has 4 N–H and O–H groups in total. The summed E-state index contributed by atoms with van der Waals surface area (Å²) >= 11 is 0. The normalized spacial score (nSPS) is 10.3. The number of aromatic nitrogens is 2. The number of nitrogens with one attached hydrogen (secondary N) is 2. The highest BCUT2D eigenvalue weighted by atomic mass is 16.1. The number of imidazole rings is 1. The molecule has 0 bridgehead atoms. The standard InChI is InChI=1S/C13H16N4O/c1-9(18)12-3-2-10(6-13(12)14)16-5-4-11-7-15-8-17-11/h2-3,6-8,16H,4-5,14H2,1H3,(H,15,17). The second-order valence-electron chi connectivity index (χ2n) is 4.11. The number of nitrogens with two attached hydrogens (primary N) is 1. The lowest BCUT2D eigenvalue weighted by molar-refractivity contribution is 0.101. The van der Waals surface area contributed by atoms with E-state index < -0.39 is 0 Å². The minimum Gasteiger partial charge on any atom is -0.398 e. The molecule has 2 rings (SSSR count). The molecule has 0 spiro atoms. The van der Waals surface area contributed by atoms with Crippen molar-refractivity contribution in [2.75, 3.05) is 17.6 Å². The van der Waals surface area contributed by atoms with Gasteiger partial charge in [-0.2, -0.15) is 0 Å². The minimum absolute atomic E-state index is 0.0171. The van der Waals surface area contributed by atoms with Crippen molar-refractivity contribution in [2.45, 2.75) is 13.3 Å². The number of Topliss-reactive ketones (excluding diaryl/α,β-unsaturated/α-hetero) is 1. The molecule has 5 nitrogen and oxygen atoms in total. The zero-order valence-electron chi connectivity index (χ0n) is 10.2. The van der Waals surface area contributed by atoms with Crippen molar-refractivity contribution in [1.82, 2.24) is 9.97 Å². The molecule has 0 aliphatic rings. The van der Waals surface area contributed by atoms with Gasteiger partial charge in [-0.15, -0.1) is 0 Å². The molecule has 1 heterocycles. The Labute approximate surface area is 105 Å². The molecule has 0 unspecified atom stereocenters. The van der Waals surface area contributed by atoms with Crippen LogP contribution in [-0.2, 0) is 6.42 Å². The summed E-state index contributed by atoms with van der Waals surface area (Å²) in [5.74, 6) is -0.0171. The highest BCUT2D eigenvalue weighted by Gasteiger charge is 2.04. The molecule has 18 heavy (non-hydrogen) atoms.